The Labute approximate surface area is 121 Å². The van der Waals surface area contributed by atoms with Gasteiger partial charge in [-0.2, -0.15) is 0 Å². The van der Waals surface area contributed by atoms with E-state index in [1.165, 1.54) is 6.39 Å². The summed E-state index contributed by atoms with van der Waals surface area (Å²) in [6.07, 6.45) is 2.10. The van der Waals surface area contributed by atoms with Crippen LogP contribution in [0.3, 0.4) is 0 Å². The average molecular weight is 294 g/mol. The maximum absolute atomic E-state index is 12.0. The number of hydrogen-bond acceptors (Lipinski definition) is 4. The van der Waals surface area contributed by atoms with Crippen molar-refractivity contribution in [3.05, 3.63) is 35.3 Å². The third-order valence-corrected chi connectivity index (χ3v) is 3.03. The lowest BCUT2D eigenvalue weighted by Gasteiger charge is -2.06. The van der Waals surface area contributed by atoms with Crippen LogP contribution in [-0.2, 0) is 0 Å². The van der Waals surface area contributed by atoms with E-state index in [-0.39, 0.29) is 11.6 Å². The number of nitrogens with one attached hydrogen (secondary N) is 1. The van der Waals surface area contributed by atoms with Crippen molar-refractivity contribution in [2.45, 2.75) is 13.3 Å². The summed E-state index contributed by atoms with van der Waals surface area (Å²) < 4.78 is 10.4. The van der Waals surface area contributed by atoms with Gasteiger partial charge in [0.05, 0.1) is 12.1 Å². The lowest BCUT2D eigenvalue weighted by molar-refractivity contribution is 0.0949. The van der Waals surface area contributed by atoms with E-state index in [4.69, 9.17) is 20.8 Å². The third-order valence-electron chi connectivity index (χ3n) is 2.73. The van der Waals surface area contributed by atoms with Crippen LogP contribution >= 0.6 is 11.6 Å². The molecule has 106 valence electrons. The van der Waals surface area contributed by atoms with Gasteiger partial charge in [-0.3, -0.25) is 4.79 Å². The first-order chi connectivity index (χ1) is 9.67. The minimum atomic E-state index is -0.262. The van der Waals surface area contributed by atoms with Crippen molar-refractivity contribution in [2.24, 2.45) is 0 Å². The fourth-order valence-electron chi connectivity index (χ4n) is 1.74. The largest absolute Gasteiger partial charge is 0.495 e. The number of hydrogen-bond donors (Lipinski definition) is 1. The molecule has 0 fully saturated rings. The number of methoxy groups -OCH3 is 1. The number of aromatic nitrogens is 1. The van der Waals surface area contributed by atoms with Gasteiger partial charge < -0.3 is 14.5 Å². The molecule has 0 atom stereocenters. The van der Waals surface area contributed by atoms with Crippen molar-refractivity contribution in [2.75, 3.05) is 13.7 Å². The predicted molar refractivity (Wildman–Crippen MR) is 76.1 cm³/mol. The zero-order chi connectivity index (χ0) is 14.5. The van der Waals surface area contributed by atoms with E-state index in [0.29, 0.717) is 28.6 Å². The molecule has 1 aromatic heterocycles. The quantitative estimate of drug-likeness (QED) is 0.920. The highest BCUT2D eigenvalue weighted by atomic mass is 35.5. The maximum atomic E-state index is 12.0. The number of carbonyl (C=O) groups is 1. The topological polar surface area (TPSA) is 64.4 Å². The van der Waals surface area contributed by atoms with Gasteiger partial charge in [0.1, 0.15) is 5.75 Å². The molecule has 0 aliphatic heterocycles. The Morgan fingerprint density at radius 1 is 1.50 bits per heavy atom. The maximum Gasteiger partial charge on any atom is 0.273 e. The number of nitrogens with zero attached hydrogens (tertiary/aromatic N) is 1. The van der Waals surface area contributed by atoms with Crippen molar-refractivity contribution >= 4 is 17.5 Å². The van der Waals surface area contributed by atoms with E-state index < -0.39 is 0 Å². The summed E-state index contributed by atoms with van der Waals surface area (Å²) in [5.41, 5.74) is 0.926. The third kappa shape index (κ3) is 2.93. The zero-order valence-corrected chi connectivity index (χ0v) is 12.0. The van der Waals surface area contributed by atoms with Crippen LogP contribution in [0.1, 0.15) is 23.8 Å². The van der Waals surface area contributed by atoms with Crippen LogP contribution in [0.4, 0.5) is 0 Å². The van der Waals surface area contributed by atoms with Gasteiger partial charge in [0.25, 0.3) is 5.91 Å². The van der Waals surface area contributed by atoms with Crippen molar-refractivity contribution in [1.29, 1.82) is 0 Å². The summed E-state index contributed by atoms with van der Waals surface area (Å²) in [6.45, 7) is 2.57. The van der Waals surface area contributed by atoms with Crippen molar-refractivity contribution in [3.8, 4) is 17.1 Å². The van der Waals surface area contributed by atoms with Crippen LogP contribution in [0, 0.1) is 0 Å². The van der Waals surface area contributed by atoms with E-state index in [1.807, 2.05) is 6.92 Å². The van der Waals surface area contributed by atoms with Crippen molar-refractivity contribution in [1.82, 2.24) is 10.3 Å². The number of rotatable bonds is 5. The summed E-state index contributed by atoms with van der Waals surface area (Å²) in [5.74, 6) is 0.692. The molecular formula is C14H15ClN2O3. The molecule has 1 N–H and O–H groups in total. The second kappa shape index (κ2) is 6.43. The van der Waals surface area contributed by atoms with Gasteiger partial charge in [0.15, 0.2) is 17.8 Å². The van der Waals surface area contributed by atoms with Crippen LogP contribution in [-0.4, -0.2) is 24.5 Å². The first kappa shape index (κ1) is 14.4. The second-order valence-corrected chi connectivity index (χ2v) is 4.54. The van der Waals surface area contributed by atoms with Crippen LogP contribution in [0.25, 0.3) is 11.3 Å². The highest BCUT2D eigenvalue weighted by Gasteiger charge is 2.18. The Kier molecular flexibility index (Phi) is 4.63. The molecule has 1 aromatic carbocycles. The molecule has 2 aromatic rings. The van der Waals surface area contributed by atoms with E-state index in [0.717, 1.165) is 6.42 Å². The molecule has 0 bridgehead atoms. The molecule has 0 saturated carbocycles. The van der Waals surface area contributed by atoms with Crippen molar-refractivity contribution < 1.29 is 13.9 Å². The summed E-state index contributed by atoms with van der Waals surface area (Å²) in [4.78, 5) is 15.9. The highest BCUT2D eigenvalue weighted by Crippen LogP contribution is 2.31. The molecule has 0 unspecified atom stereocenters. The first-order valence-electron chi connectivity index (χ1n) is 6.23. The minimum Gasteiger partial charge on any atom is -0.495 e. The molecule has 2 rings (SSSR count). The Morgan fingerprint density at radius 3 is 2.95 bits per heavy atom. The Balaban J connectivity index is 2.32. The van der Waals surface area contributed by atoms with Crippen LogP contribution in [0.2, 0.25) is 5.02 Å². The normalized spacial score (nSPS) is 10.3. The standard InChI is InChI=1S/C14H15ClN2O3/c1-3-6-16-14(18)12-13(20-8-17-12)9-4-5-11(19-2)10(15)7-9/h4-5,7-8H,3,6H2,1-2H3,(H,16,18)/i14-1. The molecule has 0 aliphatic rings. The molecule has 20 heavy (non-hydrogen) atoms. The molecule has 1 amide bonds. The highest BCUT2D eigenvalue weighted by molar-refractivity contribution is 6.32. The van der Waals surface area contributed by atoms with Gasteiger partial charge in [-0.05, 0) is 24.6 Å². The monoisotopic (exact) mass is 293 g/mol. The summed E-state index contributed by atoms with van der Waals surface area (Å²) in [7, 11) is 1.54. The summed E-state index contributed by atoms with van der Waals surface area (Å²) in [6, 6.07) is 5.16. The van der Waals surface area contributed by atoms with Crippen LogP contribution in [0.15, 0.2) is 29.0 Å². The predicted octanol–water partition coefficient (Wildman–Crippen LogP) is 3.14. The lowest BCUT2D eigenvalue weighted by atomic mass is 9.91. The zero-order valence-electron chi connectivity index (χ0n) is 11.3. The fourth-order valence-corrected chi connectivity index (χ4v) is 2.00. The number of oxazole rings is 1. The Bertz CT molecular complexity index is 610. The van der Waals surface area contributed by atoms with Gasteiger partial charge in [-0.25, -0.2) is 4.98 Å². The molecule has 0 aliphatic carbocycles. The average Bonchev–Trinajstić information content (AvgIpc) is 2.94. The number of halogens is 1. The van der Waals surface area contributed by atoms with Crippen LogP contribution < -0.4 is 10.1 Å². The second-order valence-electron chi connectivity index (χ2n) is 4.14. The number of amides is 1. The smallest absolute Gasteiger partial charge is 0.273 e. The SMILES string of the molecule is CCCN[11C](=O)c1ncoc1-c1ccc(OC)c(Cl)c1. The van der Waals surface area contributed by atoms with Gasteiger partial charge in [0, 0.05) is 12.1 Å². The van der Waals surface area contributed by atoms with Gasteiger partial charge in [-0.1, -0.05) is 18.5 Å². The van der Waals surface area contributed by atoms with Crippen LogP contribution in [0.5, 0.6) is 5.75 Å². The molecule has 5 nitrogen and oxygen atoms in total. The van der Waals surface area contributed by atoms with E-state index in [9.17, 15) is 4.79 Å². The minimum absolute atomic E-state index is 0.250. The van der Waals surface area contributed by atoms with E-state index in [1.54, 1.807) is 25.3 Å². The van der Waals surface area contributed by atoms with Gasteiger partial charge in [0.2, 0.25) is 0 Å². The molecule has 0 spiro atoms. The lowest BCUT2D eigenvalue weighted by Crippen LogP contribution is -2.24. The molecule has 0 radical (unpaired) electrons. The molecular weight excluding hydrogens is 279 g/mol. The molecule has 1 heterocycles. The van der Waals surface area contributed by atoms with Crippen molar-refractivity contribution in [3.63, 3.8) is 0 Å². The Hall–Kier alpha value is -2.01. The number of benzene rings is 1. The summed E-state index contributed by atoms with van der Waals surface area (Å²) in [5, 5.41) is 3.21. The Morgan fingerprint density at radius 2 is 2.30 bits per heavy atom. The van der Waals surface area contributed by atoms with Gasteiger partial charge in [-0.15, -0.1) is 0 Å². The molecule has 0 saturated heterocycles. The van der Waals surface area contributed by atoms with E-state index in [2.05, 4.69) is 10.3 Å². The first-order valence-corrected chi connectivity index (χ1v) is 6.60. The van der Waals surface area contributed by atoms with E-state index >= 15 is 0 Å². The van der Waals surface area contributed by atoms with Gasteiger partial charge >= 0.3 is 0 Å². The number of ether oxygens (including phenoxy) is 1. The summed E-state index contributed by atoms with van der Waals surface area (Å²) >= 11 is 6.07. The fraction of sp³-hybridized carbons (Fsp3) is 0.286. The molecule has 6 heteroatoms. The number of carbonyl (C=O) groups excluding carboxylic acids is 1.